The summed E-state index contributed by atoms with van der Waals surface area (Å²) in [4.78, 5) is 4.49. The fraction of sp³-hybridized carbons (Fsp3) is 0.308. The van der Waals surface area contributed by atoms with Crippen LogP contribution in [-0.2, 0) is 4.74 Å². The number of phenolic OH excluding ortho intramolecular Hbond substituents is 2. The van der Waals surface area contributed by atoms with E-state index in [1.807, 2.05) is 12.3 Å². The molecule has 1 atom stereocenters. The third-order valence-corrected chi connectivity index (χ3v) is 3.69. The van der Waals surface area contributed by atoms with E-state index in [1.54, 1.807) is 24.5 Å². The fourth-order valence-electron chi connectivity index (χ4n) is 1.70. The minimum Gasteiger partial charge on any atom is -0.508 e. The number of nitrogens with zero attached hydrogens (tertiary/aromatic N) is 1. The van der Waals surface area contributed by atoms with Gasteiger partial charge in [0.05, 0.1) is 17.3 Å². The first-order valence-corrected chi connectivity index (χ1v) is 6.46. The van der Waals surface area contributed by atoms with Gasteiger partial charge in [0.15, 0.2) is 0 Å². The largest absolute Gasteiger partial charge is 0.508 e. The summed E-state index contributed by atoms with van der Waals surface area (Å²) in [6, 6.07) is 4.50. The van der Waals surface area contributed by atoms with Gasteiger partial charge in [0.1, 0.15) is 11.5 Å². The molecule has 0 fully saturated rings. The van der Waals surface area contributed by atoms with E-state index in [9.17, 15) is 10.2 Å². The molecule has 0 aliphatic heterocycles. The Balaban J connectivity index is 2.29. The molecular formula is C13H15NO3S. The Morgan fingerprint density at radius 2 is 2.17 bits per heavy atom. The van der Waals surface area contributed by atoms with E-state index in [1.165, 1.54) is 12.1 Å². The molecule has 0 saturated heterocycles. The van der Waals surface area contributed by atoms with E-state index in [0.717, 1.165) is 10.7 Å². The van der Waals surface area contributed by atoms with Gasteiger partial charge in [-0.2, -0.15) is 0 Å². The van der Waals surface area contributed by atoms with E-state index in [0.29, 0.717) is 12.2 Å². The van der Waals surface area contributed by atoms with Gasteiger partial charge < -0.3 is 14.9 Å². The molecule has 0 aliphatic rings. The number of aromatic hydroxyl groups is 2. The lowest BCUT2D eigenvalue weighted by Gasteiger charge is -2.05. The molecule has 96 valence electrons. The van der Waals surface area contributed by atoms with Gasteiger partial charge in [-0.15, -0.1) is 11.3 Å². The summed E-state index contributed by atoms with van der Waals surface area (Å²) in [6.07, 6.45) is 0. The number of methoxy groups -OCH3 is 1. The van der Waals surface area contributed by atoms with Crippen LogP contribution in [0.4, 0.5) is 0 Å². The second kappa shape index (κ2) is 5.37. The average molecular weight is 265 g/mol. The Labute approximate surface area is 110 Å². The highest BCUT2D eigenvalue weighted by Crippen LogP contribution is 2.33. The van der Waals surface area contributed by atoms with Crippen LogP contribution in [0.25, 0.3) is 11.3 Å². The van der Waals surface area contributed by atoms with Crippen molar-refractivity contribution in [2.45, 2.75) is 12.8 Å². The van der Waals surface area contributed by atoms with E-state index in [-0.39, 0.29) is 17.4 Å². The number of hydrogen-bond acceptors (Lipinski definition) is 5. The molecule has 0 aliphatic carbocycles. The second-order valence-electron chi connectivity index (χ2n) is 4.13. The highest BCUT2D eigenvalue weighted by atomic mass is 32.1. The van der Waals surface area contributed by atoms with E-state index >= 15 is 0 Å². The smallest absolute Gasteiger partial charge is 0.128 e. The van der Waals surface area contributed by atoms with Crippen molar-refractivity contribution in [3.8, 4) is 22.8 Å². The minimum absolute atomic E-state index is 0.0336. The van der Waals surface area contributed by atoms with Crippen LogP contribution < -0.4 is 0 Å². The van der Waals surface area contributed by atoms with Crippen molar-refractivity contribution >= 4 is 11.3 Å². The van der Waals surface area contributed by atoms with Gasteiger partial charge in [-0.25, -0.2) is 4.98 Å². The number of ether oxygens (including phenoxy) is 1. The van der Waals surface area contributed by atoms with E-state index < -0.39 is 0 Å². The normalized spacial score (nSPS) is 12.6. The average Bonchev–Trinajstić information content (AvgIpc) is 2.78. The molecule has 1 aromatic heterocycles. The highest BCUT2D eigenvalue weighted by Gasteiger charge is 2.13. The quantitative estimate of drug-likeness (QED) is 0.892. The van der Waals surface area contributed by atoms with Gasteiger partial charge in [-0.1, -0.05) is 6.92 Å². The lowest BCUT2D eigenvalue weighted by molar-refractivity contribution is 0.184. The monoisotopic (exact) mass is 265 g/mol. The van der Waals surface area contributed by atoms with Crippen LogP contribution in [0, 0.1) is 0 Å². The third-order valence-electron chi connectivity index (χ3n) is 2.62. The van der Waals surface area contributed by atoms with Crippen LogP contribution in [0.1, 0.15) is 17.8 Å². The van der Waals surface area contributed by atoms with Gasteiger partial charge in [-0.3, -0.25) is 0 Å². The van der Waals surface area contributed by atoms with Gasteiger partial charge in [-0.05, 0) is 12.1 Å². The molecule has 5 heteroatoms. The number of benzene rings is 1. The summed E-state index contributed by atoms with van der Waals surface area (Å²) >= 11 is 1.54. The maximum absolute atomic E-state index is 9.78. The first-order valence-electron chi connectivity index (χ1n) is 5.58. The molecule has 0 unspecified atom stereocenters. The predicted molar refractivity (Wildman–Crippen MR) is 71.2 cm³/mol. The van der Waals surface area contributed by atoms with Crippen LogP contribution in [0.15, 0.2) is 23.6 Å². The maximum atomic E-state index is 9.78. The van der Waals surface area contributed by atoms with Crippen molar-refractivity contribution in [1.29, 1.82) is 0 Å². The maximum Gasteiger partial charge on any atom is 0.128 e. The standard InChI is InChI=1S/C13H15NO3S/c1-8(6-17-2)13-14-11(7-18-13)10-4-3-9(15)5-12(10)16/h3-5,7-8,15-16H,6H2,1-2H3/t8-/m1/s1. The Hall–Kier alpha value is -1.59. The zero-order valence-corrected chi connectivity index (χ0v) is 11.1. The summed E-state index contributed by atoms with van der Waals surface area (Å²) in [5, 5.41) is 21.9. The first-order chi connectivity index (χ1) is 8.61. The summed E-state index contributed by atoms with van der Waals surface area (Å²) in [5.74, 6) is 0.304. The Kier molecular flexibility index (Phi) is 3.84. The molecule has 0 amide bonds. The van der Waals surface area contributed by atoms with E-state index in [4.69, 9.17) is 4.74 Å². The number of thiazole rings is 1. The van der Waals surface area contributed by atoms with Crippen LogP contribution >= 0.6 is 11.3 Å². The van der Waals surface area contributed by atoms with Crippen molar-refractivity contribution in [3.63, 3.8) is 0 Å². The van der Waals surface area contributed by atoms with Crippen molar-refractivity contribution in [1.82, 2.24) is 4.98 Å². The van der Waals surface area contributed by atoms with Crippen LogP contribution in [0.2, 0.25) is 0 Å². The predicted octanol–water partition coefficient (Wildman–Crippen LogP) is 2.97. The van der Waals surface area contributed by atoms with Crippen molar-refractivity contribution in [2.75, 3.05) is 13.7 Å². The first kappa shape index (κ1) is 12.9. The molecular weight excluding hydrogens is 250 g/mol. The highest BCUT2D eigenvalue weighted by molar-refractivity contribution is 7.10. The zero-order valence-electron chi connectivity index (χ0n) is 10.3. The fourth-order valence-corrected chi connectivity index (χ4v) is 2.56. The second-order valence-corrected chi connectivity index (χ2v) is 5.02. The molecule has 0 spiro atoms. The molecule has 2 N–H and O–H groups in total. The lowest BCUT2D eigenvalue weighted by Crippen LogP contribution is -2.01. The molecule has 0 radical (unpaired) electrons. The SMILES string of the molecule is COC[C@@H](C)c1nc(-c2ccc(O)cc2O)cs1. The molecule has 18 heavy (non-hydrogen) atoms. The van der Waals surface area contributed by atoms with E-state index in [2.05, 4.69) is 4.98 Å². The molecule has 2 aromatic rings. The summed E-state index contributed by atoms with van der Waals surface area (Å²) in [6.45, 7) is 2.66. The third kappa shape index (κ3) is 2.63. The van der Waals surface area contributed by atoms with Crippen molar-refractivity contribution in [2.24, 2.45) is 0 Å². The molecule has 0 bridgehead atoms. The molecule has 1 heterocycles. The Bertz CT molecular complexity index is 539. The molecule has 1 aromatic carbocycles. The van der Waals surface area contributed by atoms with Gasteiger partial charge in [0.2, 0.25) is 0 Å². The number of rotatable bonds is 4. The molecule has 4 nitrogen and oxygen atoms in total. The number of phenols is 2. The van der Waals surface area contributed by atoms with Gasteiger partial charge in [0.25, 0.3) is 0 Å². The zero-order chi connectivity index (χ0) is 13.1. The van der Waals surface area contributed by atoms with Crippen molar-refractivity contribution < 1.29 is 14.9 Å². The summed E-state index contributed by atoms with van der Waals surface area (Å²) in [5.41, 5.74) is 1.34. The minimum atomic E-state index is 0.0336. The topological polar surface area (TPSA) is 62.6 Å². The number of hydrogen-bond donors (Lipinski definition) is 2. The molecule has 2 rings (SSSR count). The van der Waals surface area contributed by atoms with Gasteiger partial charge in [0, 0.05) is 30.0 Å². The Morgan fingerprint density at radius 3 is 2.83 bits per heavy atom. The Morgan fingerprint density at radius 1 is 1.39 bits per heavy atom. The van der Waals surface area contributed by atoms with Crippen molar-refractivity contribution in [3.05, 3.63) is 28.6 Å². The summed E-state index contributed by atoms with van der Waals surface area (Å²) < 4.78 is 5.10. The van der Waals surface area contributed by atoms with Crippen LogP contribution in [-0.4, -0.2) is 28.9 Å². The lowest BCUT2D eigenvalue weighted by atomic mass is 10.1. The summed E-state index contributed by atoms with van der Waals surface area (Å²) in [7, 11) is 1.66. The molecule has 0 saturated carbocycles. The van der Waals surface area contributed by atoms with Crippen LogP contribution in [0.3, 0.4) is 0 Å². The number of aromatic nitrogens is 1. The van der Waals surface area contributed by atoms with Crippen LogP contribution in [0.5, 0.6) is 11.5 Å². The van der Waals surface area contributed by atoms with Gasteiger partial charge >= 0.3 is 0 Å².